The molecule has 0 aliphatic heterocycles. The quantitative estimate of drug-likeness (QED) is 0.601. The molecule has 1 radical (unpaired) electrons. The zero-order chi connectivity index (χ0) is 6.15. The standard InChI is InChI=1S/C7H10S.CH3.Y/c1-5-4-6(2)8-7(5)3;;/h4H,1-3H3;1H3;/q;-1;. The van der Waals surface area contributed by atoms with Crippen molar-refractivity contribution in [2.75, 3.05) is 0 Å². The van der Waals surface area contributed by atoms with E-state index in [0.29, 0.717) is 0 Å². The number of hydrogen-bond donors (Lipinski definition) is 0. The zero-order valence-electron chi connectivity index (χ0n) is 7.06. The summed E-state index contributed by atoms with van der Waals surface area (Å²) in [7, 11) is 0. The molecule has 0 saturated carbocycles. The number of rotatable bonds is 0. The predicted octanol–water partition coefficient (Wildman–Crippen LogP) is 3.12. The summed E-state index contributed by atoms with van der Waals surface area (Å²) in [5, 5.41) is 0. The van der Waals surface area contributed by atoms with Gasteiger partial charge in [-0.25, -0.2) is 0 Å². The van der Waals surface area contributed by atoms with Gasteiger partial charge in [-0.1, -0.05) is 0 Å². The van der Waals surface area contributed by atoms with Crippen LogP contribution in [0.2, 0.25) is 0 Å². The van der Waals surface area contributed by atoms with Crippen LogP contribution in [0.5, 0.6) is 0 Å². The van der Waals surface area contributed by atoms with Crippen molar-refractivity contribution >= 4 is 11.3 Å². The third-order valence-corrected chi connectivity index (χ3v) is 2.36. The van der Waals surface area contributed by atoms with Gasteiger partial charge >= 0.3 is 0 Å². The van der Waals surface area contributed by atoms with Gasteiger partial charge in [-0.3, -0.25) is 0 Å². The molecule has 0 aliphatic carbocycles. The first-order valence-electron chi connectivity index (χ1n) is 2.74. The average molecular weight is 230 g/mol. The summed E-state index contributed by atoms with van der Waals surface area (Å²) in [6.07, 6.45) is 0. The second-order valence-electron chi connectivity index (χ2n) is 2.10. The molecule has 0 nitrogen and oxygen atoms in total. The van der Waals surface area contributed by atoms with Gasteiger partial charge in [0.1, 0.15) is 0 Å². The Morgan fingerprint density at radius 2 is 1.70 bits per heavy atom. The van der Waals surface area contributed by atoms with Gasteiger partial charge in [-0.15, -0.1) is 11.3 Å². The second-order valence-corrected chi connectivity index (χ2v) is 3.56. The van der Waals surface area contributed by atoms with Gasteiger partial charge in [0, 0.05) is 42.5 Å². The molecule has 0 bridgehead atoms. The van der Waals surface area contributed by atoms with Gasteiger partial charge in [0.15, 0.2) is 0 Å². The Kier molecular flexibility index (Phi) is 7.31. The summed E-state index contributed by atoms with van der Waals surface area (Å²) < 4.78 is 0. The Hall–Kier alpha value is 0.804. The van der Waals surface area contributed by atoms with Crippen molar-refractivity contribution in [2.24, 2.45) is 0 Å². The summed E-state index contributed by atoms with van der Waals surface area (Å²) in [5.41, 5.74) is 1.42. The molecule has 55 valence electrons. The van der Waals surface area contributed by atoms with Crippen LogP contribution in [0.4, 0.5) is 0 Å². The molecule has 10 heavy (non-hydrogen) atoms. The summed E-state index contributed by atoms with van der Waals surface area (Å²) in [4.78, 5) is 2.86. The van der Waals surface area contributed by atoms with Gasteiger partial charge < -0.3 is 7.43 Å². The van der Waals surface area contributed by atoms with Crippen LogP contribution >= 0.6 is 11.3 Å². The van der Waals surface area contributed by atoms with Crippen molar-refractivity contribution in [1.29, 1.82) is 0 Å². The normalized spacial score (nSPS) is 7.90. The summed E-state index contributed by atoms with van der Waals surface area (Å²) in [6, 6.07) is 2.22. The Bertz CT molecular complexity index is 172. The molecular weight excluding hydrogens is 217 g/mol. The van der Waals surface area contributed by atoms with Gasteiger partial charge in [-0.05, 0) is 32.4 Å². The summed E-state index contributed by atoms with van der Waals surface area (Å²) in [5.74, 6) is 0. The maximum absolute atomic E-state index is 2.22. The van der Waals surface area contributed by atoms with E-state index in [4.69, 9.17) is 0 Å². The van der Waals surface area contributed by atoms with Gasteiger partial charge in [0.25, 0.3) is 0 Å². The van der Waals surface area contributed by atoms with Crippen LogP contribution in [0.3, 0.4) is 0 Å². The van der Waals surface area contributed by atoms with Crippen LogP contribution in [0.15, 0.2) is 6.07 Å². The Morgan fingerprint density at radius 1 is 1.20 bits per heavy atom. The van der Waals surface area contributed by atoms with Crippen LogP contribution in [0, 0.1) is 28.2 Å². The van der Waals surface area contributed by atoms with Gasteiger partial charge in [-0.2, -0.15) is 0 Å². The molecule has 1 rings (SSSR count). The Morgan fingerprint density at radius 3 is 1.80 bits per heavy atom. The van der Waals surface area contributed by atoms with E-state index in [0.717, 1.165) is 0 Å². The first-order chi connectivity index (χ1) is 3.70. The first-order valence-corrected chi connectivity index (χ1v) is 3.55. The molecule has 0 aliphatic rings. The molecule has 1 aromatic heterocycles. The minimum Gasteiger partial charge on any atom is -0.358 e. The monoisotopic (exact) mass is 230 g/mol. The van der Waals surface area contributed by atoms with E-state index in [2.05, 4.69) is 26.8 Å². The Balaban J connectivity index is 0. The van der Waals surface area contributed by atoms with Crippen LogP contribution in [-0.2, 0) is 32.7 Å². The molecule has 0 spiro atoms. The van der Waals surface area contributed by atoms with E-state index < -0.39 is 0 Å². The summed E-state index contributed by atoms with van der Waals surface area (Å²) in [6.45, 7) is 6.45. The molecule has 1 heterocycles. The average Bonchev–Trinajstić information content (AvgIpc) is 1.85. The smallest absolute Gasteiger partial charge is 0.00462 e. The first kappa shape index (κ1) is 13.4. The van der Waals surface area contributed by atoms with Crippen molar-refractivity contribution < 1.29 is 32.7 Å². The molecule has 0 fully saturated rings. The van der Waals surface area contributed by atoms with Gasteiger partial charge in [0.2, 0.25) is 0 Å². The fourth-order valence-corrected chi connectivity index (χ4v) is 1.70. The van der Waals surface area contributed by atoms with E-state index in [-0.39, 0.29) is 40.1 Å². The van der Waals surface area contributed by atoms with Crippen LogP contribution in [-0.4, -0.2) is 0 Å². The molecule has 0 atom stereocenters. The SMILES string of the molecule is Cc1cc(C)c(C)s1.[CH3-].[Y]. The second kappa shape index (κ2) is 5.45. The molecular formula is C8H13SY-. The molecule has 2 heteroatoms. The molecule has 1 aromatic rings. The fraction of sp³-hybridized carbons (Fsp3) is 0.375. The third kappa shape index (κ3) is 3.27. The summed E-state index contributed by atoms with van der Waals surface area (Å²) >= 11 is 1.87. The topological polar surface area (TPSA) is 0 Å². The van der Waals surface area contributed by atoms with Crippen molar-refractivity contribution in [2.45, 2.75) is 20.8 Å². The number of thiophene rings is 1. The van der Waals surface area contributed by atoms with E-state index >= 15 is 0 Å². The maximum Gasteiger partial charge on any atom is 0.00462 e. The minimum absolute atomic E-state index is 0. The van der Waals surface area contributed by atoms with E-state index in [1.807, 2.05) is 11.3 Å². The van der Waals surface area contributed by atoms with Crippen LogP contribution < -0.4 is 0 Å². The van der Waals surface area contributed by atoms with E-state index in [9.17, 15) is 0 Å². The van der Waals surface area contributed by atoms with Crippen molar-refractivity contribution in [3.8, 4) is 0 Å². The van der Waals surface area contributed by atoms with Crippen molar-refractivity contribution in [1.82, 2.24) is 0 Å². The number of hydrogen-bond acceptors (Lipinski definition) is 1. The van der Waals surface area contributed by atoms with E-state index in [1.54, 1.807) is 0 Å². The van der Waals surface area contributed by atoms with Crippen molar-refractivity contribution in [3.05, 3.63) is 28.8 Å². The molecule has 0 saturated heterocycles. The number of aryl methyl sites for hydroxylation is 3. The fourth-order valence-electron chi connectivity index (χ4n) is 0.758. The third-order valence-electron chi connectivity index (χ3n) is 1.29. The van der Waals surface area contributed by atoms with E-state index in [1.165, 1.54) is 15.3 Å². The molecule has 0 aromatic carbocycles. The predicted molar refractivity (Wildman–Crippen MR) is 44.9 cm³/mol. The Labute approximate surface area is 92.9 Å². The maximum atomic E-state index is 2.22. The van der Waals surface area contributed by atoms with Gasteiger partial charge in [0.05, 0.1) is 0 Å². The largest absolute Gasteiger partial charge is 0.358 e. The molecule has 0 N–H and O–H groups in total. The van der Waals surface area contributed by atoms with Crippen LogP contribution in [0.25, 0.3) is 0 Å². The van der Waals surface area contributed by atoms with Crippen LogP contribution in [0.1, 0.15) is 15.3 Å². The minimum atomic E-state index is 0. The molecule has 0 amide bonds. The van der Waals surface area contributed by atoms with Crippen molar-refractivity contribution in [3.63, 3.8) is 0 Å². The zero-order valence-corrected chi connectivity index (χ0v) is 10.7. The molecule has 0 unspecified atom stereocenters.